The van der Waals surface area contributed by atoms with Gasteiger partial charge in [-0.25, -0.2) is 17.5 Å². The fraction of sp³-hybridized carbons (Fsp3) is 0.0714. The molecule has 102 valence electrons. The summed E-state index contributed by atoms with van der Waals surface area (Å²) in [5.41, 5.74) is 0.291. The molecule has 0 aromatic heterocycles. The van der Waals surface area contributed by atoms with Gasteiger partial charge in [-0.3, -0.25) is 0 Å². The Hall–Kier alpha value is -2.23. The van der Waals surface area contributed by atoms with Gasteiger partial charge in [0.1, 0.15) is 22.3 Å². The normalized spacial score (nSPS) is 11.0. The number of benzene rings is 2. The number of nitriles is 1. The van der Waals surface area contributed by atoms with Crippen LogP contribution in [0.1, 0.15) is 11.1 Å². The van der Waals surface area contributed by atoms with E-state index in [2.05, 4.69) is 4.72 Å². The number of rotatable bonds is 4. The number of hydrogen-bond donors (Lipinski definition) is 1. The van der Waals surface area contributed by atoms with Crippen molar-refractivity contribution in [3.05, 3.63) is 65.5 Å². The van der Waals surface area contributed by atoms with Gasteiger partial charge in [-0.1, -0.05) is 36.4 Å². The number of sulfonamides is 1. The van der Waals surface area contributed by atoms with E-state index in [1.54, 1.807) is 30.3 Å². The van der Waals surface area contributed by atoms with Crippen molar-refractivity contribution in [3.8, 4) is 6.07 Å². The minimum absolute atomic E-state index is 0.0740. The summed E-state index contributed by atoms with van der Waals surface area (Å²) < 4.78 is 40.0. The molecule has 0 spiro atoms. The van der Waals surface area contributed by atoms with Gasteiger partial charge in [-0.15, -0.1) is 0 Å². The van der Waals surface area contributed by atoms with E-state index < -0.39 is 21.4 Å². The van der Waals surface area contributed by atoms with Gasteiger partial charge in [-0.05, 0) is 17.7 Å². The first-order valence-corrected chi connectivity index (χ1v) is 7.25. The van der Waals surface area contributed by atoms with Gasteiger partial charge in [0.25, 0.3) is 0 Å². The maximum absolute atomic E-state index is 13.4. The predicted octanol–water partition coefficient (Wildman–Crippen LogP) is 2.18. The van der Waals surface area contributed by atoms with Crippen LogP contribution < -0.4 is 4.72 Å². The lowest BCUT2D eigenvalue weighted by Gasteiger charge is -2.08. The molecule has 0 radical (unpaired) electrons. The number of halogens is 1. The molecule has 2 aromatic carbocycles. The molecular weight excluding hydrogens is 279 g/mol. The van der Waals surface area contributed by atoms with E-state index in [1.165, 1.54) is 12.1 Å². The van der Waals surface area contributed by atoms with E-state index in [0.29, 0.717) is 0 Å². The van der Waals surface area contributed by atoms with E-state index in [1.807, 2.05) is 6.07 Å². The molecule has 20 heavy (non-hydrogen) atoms. The zero-order valence-corrected chi connectivity index (χ0v) is 11.2. The zero-order valence-electron chi connectivity index (χ0n) is 10.4. The Morgan fingerprint density at radius 3 is 2.45 bits per heavy atom. The highest BCUT2D eigenvalue weighted by atomic mass is 32.2. The Morgan fingerprint density at radius 2 is 1.80 bits per heavy atom. The molecule has 6 heteroatoms. The smallest absolute Gasteiger partial charge is 0.207 e. The van der Waals surface area contributed by atoms with Crippen LogP contribution in [0.5, 0.6) is 0 Å². The first-order chi connectivity index (χ1) is 9.54. The van der Waals surface area contributed by atoms with Gasteiger partial charge in [-0.2, -0.15) is 5.26 Å². The minimum atomic E-state index is -3.94. The van der Waals surface area contributed by atoms with Gasteiger partial charge in [0.2, 0.25) is 10.0 Å². The minimum Gasteiger partial charge on any atom is -0.207 e. The third-order valence-electron chi connectivity index (χ3n) is 2.69. The molecule has 0 aliphatic heterocycles. The van der Waals surface area contributed by atoms with Crippen LogP contribution >= 0.6 is 0 Å². The van der Waals surface area contributed by atoms with E-state index in [0.717, 1.165) is 11.6 Å². The van der Waals surface area contributed by atoms with Gasteiger partial charge < -0.3 is 0 Å². The van der Waals surface area contributed by atoms with Crippen LogP contribution in [0.15, 0.2) is 53.4 Å². The standard InChI is InChI=1S/C14H11FN2O2S/c15-13-7-4-8-14(12(13)9-16)20(18,19)17-10-11-5-2-1-3-6-11/h1-8,17H,10H2. The summed E-state index contributed by atoms with van der Waals surface area (Å²) in [6.45, 7) is 0.0740. The van der Waals surface area contributed by atoms with Crippen molar-refractivity contribution in [2.45, 2.75) is 11.4 Å². The predicted molar refractivity (Wildman–Crippen MR) is 71.6 cm³/mol. The van der Waals surface area contributed by atoms with Crippen LogP contribution in [0.25, 0.3) is 0 Å². The lowest BCUT2D eigenvalue weighted by molar-refractivity contribution is 0.576. The molecule has 0 aliphatic rings. The highest BCUT2D eigenvalue weighted by molar-refractivity contribution is 7.89. The summed E-state index contributed by atoms with van der Waals surface area (Å²) in [5.74, 6) is -0.852. The van der Waals surface area contributed by atoms with Crippen LogP contribution in [0, 0.1) is 17.1 Å². The SMILES string of the molecule is N#Cc1c(F)cccc1S(=O)(=O)NCc1ccccc1. The lowest BCUT2D eigenvalue weighted by atomic mass is 10.2. The van der Waals surface area contributed by atoms with Crippen molar-refractivity contribution in [2.24, 2.45) is 0 Å². The van der Waals surface area contributed by atoms with Gasteiger partial charge >= 0.3 is 0 Å². The molecule has 0 heterocycles. The van der Waals surface area contributed by atoms with E-state index in [4.69, 9.17) is 5.26 Å². The summed E-state index contributed by atoms with van der Waals surface area (Å²) >= 11 is 0. The Morgan fingerprint density at radius 1 is 1.10 bits per heavy atom. The van der Waals surface area contributed by atoms with E-state index in [-0.39, 0.29) is 11.4 Å². The Labute approximate surface area is 116 Å². The second-order valence-corrected chi connectivity index (χ2v) is 5.77. The molecule has 0 unspecified atom stereocenters. The molecule has 0 saturated heterocycles. The van der Waals surface area contributed by atoms with Crippen LogP contribution in [-0.4, -0.2) is 8.42 Å². The Bertz CT molecular complexity index is 752. The molecule has 2 aromatic rings. The molecule has 0 atom stereocenters. The summed E-state index contributed by atoms with van der Waals surface area (Å²) in [7, 11) is -3.94. The molecule has 4 nitrogen and oxygen atoms in total. The first-order valence-electron chi connectivity index (χ1n) is 5.77. The molecule has 0 fully saturated rings. The summed E-state index contributed by atoms with van der Waals surface area (Å²) in [6, 6.07) is 14.0. The lowest BCUT2D eigenvalue weighted by Crippen LogP contribution is -2.24. The average molecular weight is 290 g/mol. The molecule has 1 N–H and O–H groups in total. The van der Waals surface area contributed by atoms with E-state index in [9.17, 15) is 12.8 Å². The van der Waals surface area contributed by atoms with Crippen molar-refractivity contribution < 1.29 is 12.8 Å². The highest BCUT2D eigenvalue weighted by Crippen LogP contribution is 2.18. The average Bonchev–Trinajstić information content (AvgIpc) is 2.46. The molecular formula is C14H11FN2O2S. The van der Waals surface area contributed by atoms with Crippen molar-refractivity contribution in [1.82, 2.24) is 4.72 Å². The van der Waals surface area contributed by atoms with Crippen molar-refractivity contribution in [2.75, 3.05) is 0 Å². The fourth-order valence-corrected chi connectivity index (χ4v) is 2.87. The second-order valence-electron chi connectivity index (χ2n) is 4.03. The third-order valence-corrected chi connectivity index (χ3v) is 4.13. The van der Waals surface area contributed by atoms with Crippen LogP contribution in [0.2, 0.25) is 0 Å². The van der Waals surface area contributed by atoms with Crippen LogP contribution in [0.3, 0.4) is 0 Å². The van der Waals surface area contributed by atoms with Gasteiger partial charge in [0, 0.05) is 6.54 Å². The third kappa shape index (κ3) is 3.02. The van der Waals surface area contributed by atoms with Gasteiger partial charge in [0.15, 0.2) is 0 Å². The second kappa shape index (κ2) is 5.82. The van der Waals surface area contributed by atoms with Crippen LogP contribution in [0.4, 0.5) is 4.39 Å². The summed E-state index contributed by atoms with van der Waals surface area (Å²) in [5, 5.41) is 8.87. The number of hydrogen-bond acceptors (Lipinski definition) is 3. The maximum atomic E-state index is 13.4. The molecule has 0 aliphatic carbocycles. The zero-order chi connectivity index (χ0) is 14.6. The largest absolute Gasteiger partial charge is 0.242 e. The topological polar surface area (TPSA) is 70.0 Å². The fourth-order valence-electron chi connectivity index (χ4n) is 1.69. The summed E-state index contributed by atoms with van der Waals surface area (Å²) in [4.78, 5) is -0.351. The van der Waals surface area contributed by atoms with Crippen molar-refractivity contribution in [1.29, 1.82) is 5.26 Å². The first kappa shape index (κ1) is 14.2. The highest BCUT2D eigenvalue weighted by Gasteiger charge is 2.20. The van der Waals surface area contributed by atoms with Crippen LogP contribution in [-0.2, 0) is 16.6 Å². The maximum Gasteiger partial charge on any atom is 0.242 e. The Kier molecular flexibility index (Phi) is 4.13. The monoisotopic (exact) mass is 290 g/mol. The van der Waals surface area contributed by atoms with Gasteiger partial charge in [0.05, 0.1) is 0 Å². The molecule has 0 saturated carbocycles. The number of nitrogens with zero attached hydrogens (tertiary/aromatic N) is 1. The number of nitrogens with one attached hydrogen (secondary N) is 1. The van der Waals surface area contributed by atoms with E-state index >= 15 is 0 Å². The molecule has 2 rings (SSSR count). The molecule has 0 amide bonds. The van der Waals surface area contributed by atoms with Crippen molar-refractivity contribution in [3.63, 3.8) is 0 Å². The quantitative estimate of drug-likeness (QED) is 0.938. The molecule has 0 bridgehead atoms. The van der Waals surface area contributed by atoms with Crippen molar-refractivity contribution >= 4 is 10.0 Å². The Balaban J connectivity index is 2.28. The summed E-state index contributed by atoms with van der Waals surface area (Å²) in [6.07, 6.45) is 0.